The van der Waals surface area contributed by atoms with E-state index in [0.717, 1.165) is 32.6 Å². The summed E-state index contributed by atoms with van der Waals surface area (Å²) in [4.78, 5) is 10.3. The Labute approximate surface area is 162 Å². The van der Waals surface area contributed by atoms with Gasteiger partial charge in [0.2, 0.25) is 0 Å². The lowest BCUT2D eigenvalue weighted by Crippen LogP contribution is -2.61. The first-order valence-electron chi connectivity index (χ1n) is 9.54. The SMILES string of the molecule is CCCN1C(Cl)CN(C)CC1NCc1ccc(C2NC(C)ON2C)cc1. The quantitative estimate of drug-likeness (QED) is 0.581. The maximum absolute atomic E-state index is 6.57. The summed E-state index contributed by atoms with van der Waals surface area (Å²) in [7, 11) is 4.09. The van der Waals surface area contributed by atoms with Crippen LogP contribution in [0, 0.1) is 0 Å². The Morgan fingerprint density at radius 2 is 1.96 bits per heavy atom. The predicted molar refractivity (Wildman–Crippen MR) is 105 cm³/mol. The number of likely N-dealkylation sites (N-methyl/N-ethyl adjacent to an activating group) is 1. The van der Waals surface area contributed by atoms with Crippen LogP contribution in [0.25, 0.3) is 0 Å². The van der Waals surface area contributed by atoms with Gasteiger partial charge in [-0.3, -0.25) is 20.4 Å². The number of rotatable bonds is 6. The van der Waals surface area contributed by atoms with E-state index in [1.807, 2.05) is 19.0 Å². The molecule has 2 aliphatic heterocycles. The van der Waals surface area contributed by atoms with Gasteiger partial charge in [-0.1, -0.05) is 31.2 Å². The van der Waals surface area contributed by atoms with Crippen LogP contribution in [0.2, 0.25) is 0 Å². The molecule has 146 valence electrons. The molecule has 26 heavy (non-hydrogen) atoms. The topological polar surface area (TPSA) is 43.0 Å². The molecule has 0 aliphatic carbocycles. The first-order valence-corrected chi connectivity index (χ1v) is 9.97. The molecule has 0 bridgehead atoms. The Hall–Kier alpha value is -0.730. The van der Waals surface area contributed by atoms with Gasteiger partial charge in [0.05, 0.1) is 11.7 Å². The van der Waals surface area contributed by atoms with E-state index in [9.17, 15) is 0 Å². The van der Waals surface area contributed by atoms with Crippen molar-refractivity contribution in [3.63, 3.8) is 0 Å². The number of alkyl halides is 1. The molecule has 1 aromatic carbocycles. The highest BCUT2D eigenvalue weighted by Gasteiger charge is 2.31. The summed E-state index contributed by atoms with van der Waals surface area (Å²) in [6, 6.07) is 8.73. The van der Waals surface area contributed by atoms with Crippen LogP contribution in [0.5, 0.6) is 0 Å². The fraction of sp³-hybridized carbons (Fsp3) is 0.684. The minimum absolute atomic E-state index is 0.0441. The molecule has 0 radical (unpaired) electrons. The van der Waals surface area contributed by atoms with Gasteiger partial charge in [0.1, 0.15) is 12.4 Å². The van der Waals surface area contributed by atoms with Crippen LogP contribution in [-0.4, -0.2) is 66.5 Å². The minimum Gasteiger partial charge on any atom is -0.301 e. The average molecular weight is 382 g/mol. The van der Waals surface area contributed by atoms with Crippen LogP contribution in [0.15, 0.2) is 24.3 Å². The number of benzene rings is 1. The highest BCUT2D eigenvalue weighted by atomic mass is 35.5. The van der Waals surface area contributed by atoms with Gasteiger partial charge in [-0.25, -0.2) is 0 Å². The third-order valence-electron chi connectivity index (χ3n) is 5.11. The number of hydrogen-bond acceptors (Lipinski definition) is 6. The van der Waals surface area contributed by atoms with Gasteiger partial charge in [-0.15, -0.1) is 11.6 Å². The molecule has 2 aliphatic rings. The number of halogens is 1. The first-order chi connectivity index (χ1) is 12.5. The van der Waals surface area contributed by atoms with E-state index < -0.39 is 0 Å². The highest BCUT2D eigenvalue weighted by molar-refractivity contribution is 6.20. The van der Waals surface area contributed by atoms with Crippen LogP contribution in [0.1, 0.15) is 37.6 Å². The smallest absolute Gasteiger partial charge is 0.128 e. The van der Waals surface area contributed by atoms with Crippen molar-refractivity contribution in [2.75, 3.05) is 33.7 Å². The maximum atomic E-state index is 6.57. The van der Waals surface area contributed by atoms with E-state index in [4.69, 9.17) is 16.4 Å². The zero-order valence-corrected chi connectivity index (χ0v) is 17.0. The zero-order chi connectivity index (χ0) is 18.7. The summed E-state index contributed by atoms with van der Waals surface area (Å²) in [6.07, 6.45) is 1.55. The second-order valence-electron chi connectivity index (χ2n) is 7.39. The van der Waals surface area contributed by atoms with Crippen molar-refractivity contribution in [3.05, 3.63) is 35.4 Å². The molecule has 3 rings (SSSR count). The highest BCUT2D eigenvalue weighted by Crippen LogP contribution is 2.24. The second kappa shape index (κ2) is 8.97. The summed E-state index contributed by atoms with van der Waals surface area (Å²) < 4.78 is 0. The number of hydrogen-bond donors (Lipinski definition) is 2. The average Bonchev–Trinajstić information content (AvgIpc) is 2.94. The lowest BCUT2D eigenvalue weighted by Gasteiger charge is -2.43. The molecule has 7 heteroatoms. The molecule has 2 N–H and O–H groups in total. The summed E-state index contributed by atoms with van der Waals surface area (Å²) in [5.74, 6) is 0. The standard InChI is InChI=1S/C19H32ClN5O/c1-5-10-25-17(20)12-23(3)13-18(25)21-11-15-6-8-16(9-7-15)19-22-14(2)26-24(19)4/h6-9,14,17-19,21-22H,5,10-13H2,1-4H3. The summed E-state index contributed by atoms with van der Waals surface area (Å²) >= 11 is 6.57. The van der Waals surface area contributed by atoms with Crippen molar-refractivity contribution in [2.45, 2.75) is 50.9 Å². The molecule has 4 atom stereocenters. The van der Waals surface area contributed by atoms with Gasteiger partial charge < -0.3 is 4.90 Å². The molecular weight excluding hydrogens is 350 g/mol. The van der Waals surface area contributed by atoms with E-state index >= 15 is 0 Å². The van der Waals surface area contributed by atoms with E-state index in [2.05, 4.69) is 58.7 Å². The minimum atomic E-state index is 0.0441. The molecule has 1 aromatic rings. The lowest BCUT2D eigenvalue weighted by molar-refractivity contribution is -0.139. The molecule has 0 amide bonds. The Bertz CT molecular complexity index is 572. The van der Waals surface area contributed by atoms with Crippen molar-refractivity contribution in [1.29, 1.82) is 0 Å². The van der Waals surface area contributed by atoms with Gasteiger partial charge in [0.25, 0.3) is 0 Å². The maximum Gasteiger partial charge on any atom is 0.128 e. The normalized spacial score (nSPS) is 31.6. The molecule has 0 saturated carbocycles. The van der Waals surface area contributed by atoms with Crippen LogP contribution in [0.3, 0.4) is 0 Å². The Morgan fingerprint density at radius 1 is 1.23 bits per heavy atom. The largest absolute Gasteiger partial charge is 0.301 e. The fourth-order valence-electron chi connectivity index (χ4n) is 3.80. The summed E-state index contributed by atoms with van der Waals surface area (Å²) in [5.41, 5.74) is 2.56. The van der Waals surface area contributed by atoms with E-state index in [0.29, 0.717) is 0 Å². The molecule has 2 saturated heterocycles. The van der Waals surface area contributed by atoms with E-state index in [1.54, 1.807) is 0 Å². The number of nitrogens with zero attached hydrogens (tertiary/aromatic N) is 3. The fourth-order valence-corrected chi connectivity index (χ4v) is 4.26. The van der Waals surface area contributed by atoms with Crippen LogP contribution < -0.4 is 10.6 Å². The second-order valence-corrected chi connectivity index (χ2v) is 7.90. The molecular formula is C19H32ClN5O. The third-order valence-corrected chi connectivity index (χ3v) is 5.50. The summed E-state index contributed by atoms with van der Waals surface area (Å²) in [6.45, 7) is 7.99. The predicted octanol–water partition coefficient (Wildman–Crippen LogP) is 2.14. The van der Waals surface area contributed by atoms with Crippen molar-refractivity contribution in [2.24, 2.45) is 0 Å². The molecule has 0 aromatic heterocycles. The molecule has 2 fully saturated rings. The summed E-state index contributed by atoms with van der Waals surface area (Å²) in [5, 5.41) is 8.98. The zero-order valence-electron chi connectivity index (χ0n) is 16.3. The van der Waals surface area contributed by atoms with Gasteiger partial charge in [-0.05, 0) is 31.5 Å². The number of piperazine rings is 1. The molecule has 0 spiro atoms. The van der Waals surface area contributed by atoms with E-state index in [-0.39, 0.29) is 24.1 Å². The van der Waals surface area contributed by atoms with Crippen molar-refractivity contribution >= 4 is 11.6 Å². The van der Waals surface area contributed by atoms with Crippen molar-refractivity contribution in [1.82, 2.24) is 25.5 Å². The van der Waals surface area contributed by atoms with Crippen molar-refractivity contribution < 1.29 is 4.84 Å². The van der Waals surface area contributed by atoms with Gasteiger partial charge in [-0.2, -0.15) is 5.06 Å². The molecule has 6 nitrogen and oxygen atoms in total. The Kier molecular flexibility index (Phi) is 6.91. The lowest BCUT2D eigenvalue weighted by atomic mass is 10.1. The number of nitrogens with one attached hydrogen (secondary N) is 2. The van der Waals surface area contributed by atoms with Crippen molar-refractivity contribution in [3.8, 4) is 0 Å². The van der Waals surface area contributed by atoms with E-state index in [1.165, 1.54) is 11.1 Å². The monoisotopic (exact) mass is 381 g/mol. The Balaban J connectivity index is 1.58. The van der Waals surface area contributed by atoms with Crippen LogP contribution in [0.4, 0.5) is 0 Å². The third kappa shape index (κ3) is 4.75. The van der Waals surface area contributed by atoms with Crippen LogP contribution in [-0.2, 0) is 11.4 Å². The Morgan fingerprint density at radius 3 is 2.58 bits per heavy atom. The van der Waals surface area contributed by atoms with Crippen LogP contribution >= 0.6 is 11.6 Å². The van der Waals surface area contributed by atoms with Gasteiger partial charge >= 0.3 is 0 Å². The molecule has 4 unspecified atom stereocenters. The number of hydroxylamine groups is 2. The van der Waals surface area contributed by atoms with Gasteiger partial charge in [0, 0.05) is 33.2 Å². The van der Waals surface area contributed by atoms with Gasteiger partial charge in [0.15, 0.2) is 0 Å². The molecule has 2 heterocycles. The first kappa shape index (κ1) is 20.0.